The minimum absolute atomic E-state index is 0.285. The lowest BCUT2D eigenvalue weighted by molar-refractivity contribution is 0.228. The third kappa shape index (κ3) is 4.55. The Bertz CT molecular complexity index is 458. The van der Waals surface area contributed by atoms with E-state index < -0.39 is 0 Å². The maximum Gasteiger partial charge on any atom is 0.126 e. The van der Waals surface area contributed by atoms with E-state index in [1.165, 1.54) is 12.1 Å². The molecule has 0 amide bonds. The summed E-state index contributed by atoms with van der Waals surface area (Å²) >= 11 is 0. The van der Waals surface area contributed by atoms with Crippen LogP contribution >= 0.6 is 0 Å². The highest BCUT2D eigenvalue weighted by atomic mass is 19.1. The van der Waals surface area contributed by atoms with Gasteiger partial charge in [0, 0.05) is 12.7 Å². The van der Waals surface area contributed by atoms with Crippen LogP contribution in [0.2, 0.25) is 0 Å². The Morgan fingerprint density at radius 1 is 1.28 bits per heavy atom. The quantitative estimate of drug-likeness (QED) is 0.561. The highest BCUT2D eigenvalue weighted by Gasteiger charge is 2.02. The smallest absolute Gasteiger partial charge is 0.126 e. The zero-order chi connectivity index (χ0) is 13.5. The van der Waals surface area contributed by atoms with Gasteiger partial charge in [0.05, 0.1) is 6.61 Å². The summed E-state index contributed by atoms with van der Waals surface area (Å²) in [5.74, 6) is 0.840. The van der Waals surface area contributed by atoms with E-state index in [4.69, 9.17) is 9.47 Å². The third-order valence-electron chi connectivity index (χ3n) is 2.19. The summed E-state index contributed by atoms with van der Waals surface area (Å²) in [5, 5.41) is 0. The van der Waals surface area contributed by atoms with Crippen molar-refractivity contribution in [1.29, 1.82) is 0 Å². The maximum absolute atomic E-state index is 12.8. The van der Waals surface area contributed by atoms with Crippen LogP contribution in [0.4, 0.5) is 4.39 Å². The van der Waals surface area contributed by atoms with Gasteiger partial charge in [-0.1, -0.05) is 13.2 Å². The van der Waals surface area contributed by atoms with Crippen LogP contribution in [-0.2, 0) is 9.47 Å². The average molecular weight is 248 g/mol. The first-order chi connectivity index (χ1) is 8.52. The molecule has 0 saturated carbocycles. The average Bonchev–Trinajstić information content (AvgIpc) is 2.29. The van der Waals surface area contributed by atoms with Crippen LogP contribution in [0.15, 0.2) is 54.8 Å². The summed E-state index contributed by atoms with van der Waals surface area (Å²) in [5.41, 5.74) is 1.54. The van der Waals surface area contributed by atoms with Crippen LogP contribution in [0.5, 0.6) is 0 Å². The predicted octanol–water partition coefficient (Wildman–Crippen LogP) is 3.92. The van der Waals surface area contributed by atoms with Crippen molar-refractivity contribution in [2.45, 2.75) is 6.92 Å². The fourth-order valence-electron chi connectivity index (χ4n) is 1.43. The summed E-state index contributed by atoms with van der Waals surface area (Å²) in [6, 6.07) is 5.98. The molecule has 0 fully saturated rings. The van der Waals surface area contributed by atoms with Crippen molar-refractivity contribution in [2.24, 2.45) is 0 Å². The molecule has 0 N–H and O–H groups in total. The zero-order valence-corrected chi connectivity index (χ0v) is 10.7. The fraction of sp³-hybridized carbons (Fsp3) is 0.200. The molecule has 0 atom stereocenters. The molecule has 2 nitrogen and oxygen atoms in total. The summed E-state index contributed by atoms with van der Waals surface area (Å²) in [6.07, 6.45) is 1.78. The van der Waals surface area contributed by atoms with Gasteiger partial charge < -0.3 is 9.47 Å². The highest BCUT2D eigenvalue weighted by Crippen LogP contribution is 2.18. The Hall–Kier alpha value is -1.87. The molecule has 1 aromatic rings. The van der Waals surface area contributed by atoms with E-state index in [1.54, 1.807) is 32.2 Å². The van der Waals surface area contributed by atoms with Gasteiger partial charge in [-0.2, -0.15) is 0 Å². The van der Waals surface area contributed by atoms with Gasteiger partial charge in [-0.15, -0.1) is 0 Å². The molecule has 0 unspecified atom stereocenters. The first-order valence-corrected chi connectivity index (χ1v) is 5.50. The second kappa shape index (κ2) is 6.77. The minimum Gasteiger partial charge on any atom is -0.462 e. The van der Waals surface area contributed by atoms with Crippen molar-refractivity contribution in [3.8, 4) is 0 Å². The molecule has 0 aliphatic carbocycles. The van der Waals surface area contributed by atoms with E-state index in [-0.39, 0.29) is 5.82 Å². The fourth-order valence-corrected chi connectivity index (χ4v) is 1.43. The van der Waals surface area contributed by atoms with Crippen molar-refractivity contribution in [2.75, 3.05) is 13.7 Å². The largest absolute Gasteiger partial charge is 0.462 e. The molecular formula is C15H17FO2. The van der Waals surface area contributed by atoms with E-state index in [2.05, 4.69) is 13.2 Å². The van der Waals surface area contributed by atoms with Crippen molar-refractivity contribution in [1.82, 2.24) is 0 Å². The van der Waals surface area contributed by atoms with Gasteiger partial charge in [0.2, 0.25) is 0 Å². The number of rotatable bonds is 6. The Kier molecular flexibility index (Phi) is 5.33. The monoisotopic (exact) mass is 248 g/mol. The van der Waals surface area contributed by atoms with Crippen LogP contribution in [0.3, 0.4) is 0 Å². The maximum atomic E-state index is 12.8. The molecule has 0 bridgehead atoms. The number of benzene rings is 1. The van der Waals surface area contributed by atoms with Gasteiger partial charge in [-0.3, -0.25) is 0 Å². The summed E-state index contributed by atoms with van der Waals surface area (Å²) in [6.45, 7) is 9.87. The first kappa shape index (κ1) is 14.2. The van der Waals surface area contributed by atoms with E-state index in [0.717, 1.165) is 11.1 Å². The van der Waals surface area contributed by atoms with Crippen LogP contribution in [0, 0.1) is 5.82 Å². The van der Waals surface area contributed by atoms with Crippen molar-refractivity contribution in [3.05, 3.63) is 66.2 Å². The standard InChI is InChI=1S/C15H17FO2/c1-11(10-17-4)9-12(2)18-13(3)14-5-7-15(16)8-6-14/h5-9H,1,3,10H2,2,4H3/b12-9+. The lowest BCUT2D eigenvalue weighted by Gasteiger charge is -2.09. The second-order valence-electron chi connectivity index (χ2n) is 3.88. The van der Waals surface area contributed by atoms with Crippen molar-refractivity contribution < 1.29 is 13.9 Å². The molecule has 0 aliphatic rings. The van der Waals surface area contributed by atoms with Crippen LogP contribution in [0.1, 0.15) is 12.5 Å². The number of allylic oxidation sites excluding steroid dienone is 1. The molecule has 0 aliphatic heterocycles. The van der Waals surface area contributed by atoms with Gasteiger partial charge in [0.1, 0.15) is 17.3 Å². The lowest BCUT2D eigenvalue weighted by atomic mass is 10.2. The topological polar surface area (TPSA) is 18.5 Å². The van der Waals surface area contributed by atoms with Gasteiger partial charge in [-0.05, 0) is 42.8 Å². The molecule has 0 spiro atoms. The number of halogens is 1. The van der Waals surface area contributed by atoms with Crippen LogP contribution in [-0.4, -0.2) is 13.7 Å². The predicted molar refractivity (Wildman–Crippen MR) is 71.3 cm³/mol. The molecule has 1 rings (SSSR count). The van der Waals surface area contributed by atoms with E-state index >= 15 is 0 Å². The molecule has 3 heteroatoms. The third-order valence-corrected chi connectivity index (χ3v) is 2.19. The number of ether oxygens (including phenoxy) is 2. The summed E-state index contributed by atoms with van der Waals surface area (Å²) in [7, 11) is 1.60. The molecule has 1 aromatic carbocycles. The summed E-state index contributed by atoms with van der Waals surface area (Å²) in [4.78, 5) is 0. The van der Waals surface area contributed by atoms with Gasteiger partial charge in [0.15, 0.2) is 0 Å². The normalized spacial score (nSPS) is 11.2. The second-order valence-corrected chi connectivity index (χ2v) is 3.88. The molecule has 96 valence electrons. The summed E-state index contributed by atoms with van der Waals surface area (Å²) < 4.78 is 23.2. The highest BCUT2D eigenvalue weighted by molar-refractivity contribution is 5.58. The number of hydrogen-bond acceptors (Lipinski definition) is 2. The Balaban J connectivity index is 2.64. The lowest BCUT2D eigenvalue weighted by Crippen LogP contribution is -1.93. The van der Waals surface area contributed by atoms with Crippen molar-refractivity contribution in [3.63, 3.8) is 0 Å². The molecule has 0 aromatic heterocycles. The molecule has 18 heavy (non-hydrogen) atoms. The molecule has 0 saturated heterocycles. The molecule has 0 radical (unpaired) electrons. The van der Waals surface area contributed by atoms with E-state index in [1.807, 2.05) is 0 Å². The van der Waals surface area contributed by atoms with Crippen molar-refractivity contribution >= 4 is 5.76 Å². The van der Waals surface area contributed by atoms with Gasteiger partial charge in [0.25, 0.3) is 0 Å². The molecular weight excluding hydrogens is 231 g/mol. The zero-order valence-electron chi connectivity index (χ0n) is 10.7. The SMILES string of the molecule is C=C(/C=C(\C)OC(=C)c1ccc(F)cc1)COC. The Morgan fingerprint density at radius 3 is 2.44 bits per heavy atom. The van der Waals surface area contributed by atoms with Crippen LogP contribution in [0.25, 0.3) is 5.76 Å². The van der Waals surface area contributed by atoms with Crippen LogP contribution < -0.4 is 0 Å². The van der Waals surface area contributed by atoms with Gasteiger partial charge >= 0.3 is 0 Å². The Morgan fingerprint density at radius 2 is 1.89 bits per heavy atom. The first-order valence-electron chi connectivity index (χ1n) is 5.50. The van der Waals surface area contributed by atoms with E-state index in [9.17, 15) is 4.39 Å². The van der Waals surface area contributed by atoms with E-state index in [0.29, 0.717) is 18.1 Å². The number of methoxy groups -OCH3 is 1. The number of hydrogen-bond donors (Lipinski definition) is 0. The molecule has 0 heterocycles. The van der Waals surface area contributed by atoms with Gasteiger partial charge in [-0.25, -0.2) is 4.39 Å². The minimum atomic E-state index is -0.285. The Labute approximate surface area is 107 Å².